The van der Waals surface area contributed by atoms with Gasteiger partial charge in [-0.25, -0.2) is 0 Å². The zero-order valence-electron chi connectivity index (χ0n) is 17.3. The summed E-state index contributed by atoms with van der Waals surface area (Å²) in [6.45, 7) is 0.403. The molecule has 31 heavy (non-hydrogen) atoms. The second kappa shape index (κ2) is 11.7. The van der Waals surface area contributed by atoms with Crippen molar-refractivity contribution in [3.63, 3.8) is 0 Å². The highest BCUT2D eigenvalue weighted by Gasteiger charge is 2.62. The first-order valence-corrected chi connectivity index (χ1v) is 13.5. The summed E-state index contributed by atoms with van der Waals surface area (Å²) in [4.78, 5) is 0. The van der Waals surface area contributed by atoms with Crippen LogP contribution in [0.5, 0.6) is 0 Å². The summed E-state index contributed by atoms with van der Waals surface area (Å²) in [5.41, 5.74) is 1.05. The molecule has 1 aliphatic heterocycles. The van der Waals surface area contributed by atoms with E-state index in [4.69, 9.17) is 50.5 Å². The lowest BCUT2D eigenvalue weighted by Gasteiger charge is -2.46. The molecule has 1 spiro atoms. The Bertz CT molecular complexity index is 687. The molecule has 1 aromatic rings. The lowest BCUT2D eigenvalue weighted by Crippen LogP contribution is -2.64. The van der Waals surface area contributed by atoms with Crippen LogP contribution < -0.4 is 0 Å². The van der Waals surface area contributed by atoms with Crippen molar-refractivity contribution in [3.8, 4) is 0 Å². The van der Waals surface area contributed by atoms with Gasteiger partial charge in [0.05, 0.1) is 6.61 Å². The minimum absolute atomic E-state index is 0.233. The molecule has 9 atom stereocenters. The molecule has 6 nitrogen and oxygen atoms in total. The van der Waals surface area contributed by atoms with Gasteiger partial charge in [0.1, 0.15) is 59.3 Å². The molecule has 0 aromatic heterocycles. The van der Waals surface area contributed by atoms with Gasteiger partial charge in [-0.3, -0.25) is 0 Å². The van der Waals surface area contributed by atoms with Gasteiger partial charge in [-0.15, -0.1) is 0 Å². The Morgan fingerprint density at radius 2 is 1.32 bits per heavy atom. The molecule has 6 radical (unpaired) electrons. The van der Waals surface area contributed by atoms with Crippen LogP contribution in [0.2, 0.25) is 0 Å². The largest absolute Gasteiger partial charge is 0.368 e. The quantitative estimate of drug-likeness (QED) is 0.404. The molecule has 2 aliphatic carbocycles. The maximum atomic E-state index is 6.61. The van der Waals surface area contributed by atoms with Gasteiger partial charge in [0, 0.05) is 12.8 Å². The van der Waals surface area contributed by atoms with Crippen molar-refractivity contribution in [1.82, 2.24) is 0 Å². The molecular formula is C19H26B3O6P3. The average molecular weight is 476 g/mol. The van der Waals surface area contributed by atoms with Gasteiger partial charge in [0.15, 0.2) is 5.79 Å². The van der Waals surface area contributed by atoms with Crippen LogP contribution in [-0.2, 0) is 34.4 Å². The number of hydrogen-bond donors (Lipinski definition) is 0. The summed E-state index contributed by atoms with van der Waals surface area (Å²) in [6.07, 6.45) is 2.24. The van der Waals surface area contributed by atoms with Gasteiger partial charge in [-0.05, 0) is 44.5 Å². The van der Waals surface area contributed by atoms with Crippen molar-refractivity contribution >= 4 is 48.8 Å². The van der Waals surface area contributed by atoms with E-state index in [2.05, 4.69) is 0 Å². The van der Waals surface area contributed by atoms with Crippen LogP contribution in [0.4, 0.5) is 0 Å². The van der Waals surface area contributed by atoms with E-state index in [0.717, 1.165) is 31.2 Å². The molecule has 12 heteroatoms. The Balaban J connectivity index is 1.63. The van der Waals surface area contributed by atoms with Gasteiger partial charge < -0.3 is 27.8 Å². The van der Waals surface area contributed by atoms with Crippen LogP contribution >= 0.6 is 26.1 Å². The Morgan fingerprint density at radius 1 is 0.774 bits per heavy atom. The fourth-order valence-electron chi connectivity index (χ4n) is 4.83. The highest BCUT2D eigenvalue weighted by molar-refractivity contribution is 7.62. The summed E-state index contributed by atoms with van der Waals surface area (Å²) in [7, 11) is 16.6. The molecular weight excluding hydrogens is 450 g/mol. The van der Waals surface area contributed by atoms with Crippen molar-refractivity contribution < 1.29 is 27.8 Å². The topological polar surface area (TPSA) is 55.4 Å². The van der Waals surface area contributed by atoms with E-state index in [1.807, 2.05) is 30.3 Å². The van der Waals surface area contributed by atoms with Crippen LogP contribution in [-0.4, -0.2) is 65.1 Å². The van der Waals surface area contributed by atoms with Crippen LogP contribution in [0.3, 0.4) is 0 Å². The maximum absolute atomic E-state index is 6.61. The lowest BCUT2D eigenvalue weighted by atomic mass is 9.85. The smallest absolute Gasteiger partial charge is 0.169 e. The normalized spacial score (nSPS) is 35.7. The number of hydrogen-bond acceptors (Lipinski definition) is 6. The first-order valence-electron chi connectivity index (χ1n) is 10.6. The second-order valence-electron chi connectivity index (χ2n) is 8.00. The Labute approximate surface area is 193 Å². The maximum Gasteiger partial charge on any atom is 0.169 e. The molecule has 2 saturated carbocycles. The molecule has 9 unspecified atom stereocenters. The number of ether oxygens (including phenoxy) is 3. The van der Waals surface area contributed by atoms with E-state index in [-0.39, 0.29) is 32.2 Å². The van der Waals surface area contributed by atoms with Crippen LogP contribution in [0, 0.1) is 0 Å². The van der Waals surface area contributed by atoms with Gasteiger partial charge in [0.2, 0.25) is 0 Å². The first-order chi connectivity index (χ1) is 15.2. The molecule has 0 N–H and O–H groups in total. The van der Waals surface area contributed by atoms with E-state index < -0.39 is 36.3 Å². The third kappa shape index (κ3) is 5.59. The van der Waals surface area contributed by atoms with Crippen molar-refractivity contribution in [2.45, 2.75) is 81.1 Å². The number of rotatable bonds is 9. The van der Waals surface area contributed by atoms with Gasteiger partial charge in [-0.2, -0.15) is 0 Å². The Kier molecular flexibility index (Phi) is 9.31. The van der Waals surface area contributed by atoms with Gasteiger partial charge in [-0.1, -0.05) is 36.8 Å². The van der Waals surface area contributed by atoms with E-state index >= 15 is 0 Å². The van der Waals surface area contributed by atoms with E-state index in [0.29, 0.717) is 6.61 Å². The summed E-state index contributed by atoms with van der Waals surface area (Å²) < 4.78 is 37.4. The van der Waals surface area contributed by atoms with E-state index in [1.165, 1.54) is 6.42 Å². The van der Waals surface area contributed by atoms with Crippen molar-refractivity contribution in [3.05, 3.63) is 35.9 Å². The third-order valence-electron chi connectivity index (χ3n) is 6.16. The molecule has 0 amide bonds. The highest BCUT2D eigenvalue weighted by Crippen LogP contribution is 2.49. The third-order valence-corrected chi connectivity index (χ3v) is 7.38. The Morgan fingerprint density at radius 3 is 1.94 bits per heavy atom. The zero-order chi connectivity index (χ0) is 21.7. The Hall–Kier alpha value is 0.465. The number of fused-ring (bicyclic) bond motifs is 1. The van der Waals surface area contributed by atoms with Crippen LogP contribution in [0.15, 0.2) is 30.3 Å². The molecule has 1 heterocycles. The van der Waals surface area contributed by atoms with Gasteiger partial charge >= 0.3 is 0 Å². The number of benzene rings is 1. The fourth-order valence-corrected chi connectivity index (χ4v) is 6.11. The van der Waals surface area contributed by atoms with Gasteiger partial charge in [0.25, 0.3) is 0 Å². The highest BCUT2D eigenvalue weighted by atomic mass is 31.1. The molecule has 3 fully saturated rings. The standard InChI is InChI=1S/C19H26B3O6P3/c20-29-26-16-13(23-11-12-7-3-1-4-8-12)14-15(17(27-30-21)18(16)28-31-22)25-19(24-14)9-5-2-6-10-19/h1,3-4,7-8,13-18,29-31H,2,5-6,9-11H2. The summed E-state index contributed by atoms with van der Waals surface area (Å²) in [5.74, 6) is -0.628. The zero-order valence-corrected chi connectivity index (χ0v) is 20.3. The summed E-state index contributed by atoms with van der Waals surface area (Å²) in [6, 6.07) is 9.98. The molecule has 4 rings (SSSR count). The summed E-state index contributed by atoms with van der Waals surface area (Å²) in [5, 5.41) is 0. The average Bonchev–Trinajstić information content (AvgIpc) is 3.15. The predicted octanol–water partition coefficient (Wildman–Crippen LogP) is 3.22. The monoisotopic (exact) mass is 476 g/mol. The SMILES string of the molecule is [B]POC1C(OCc2ccccc2)C2OC3(CCCCC3)OC2C(OP[B])C1OP[B]. The molecule has 162 valence electrons. The minimum Gasteiger partial charge on any atom is -0.368 e. The molecule has 1 aromatic carbocycles. The van der Waals surface area contributed by atoms with Crippen LogP contribution in [0.25, 0.3) is 0 Å². The van der Waals surface area contributed by atoms with Crippen molar-refractivity contribution in [2.24, 2.45) is 0 Å². The predicted molar refractivity (Wildman–Crippen MR) is 127 cm³/mol. The van der Waals surface area contributed by atoms with Crippen LogP contribution in [0.1, 0.15) is 37.7 Å². The molecule has 3 aliphatic rings. The van der Waals surface area contributed by atoms with Crippen molar-refractivity contribution in [2.75, 3.05) is 0 Å². The summed E-state index contributed by atoms with van der Waals surface area (Å²) >= 11 is 0. The lowest BCUT2D eigenvalue weighted by molar-refractivity contribution is -0.206. The first kappa shape index (κ1) is 24.6. The van der Waals surface area contributed by atoms with E-state index in [1.54, 1.807) is 0 Å². The molecule has 0 bridgehead atoms. The molecule has 1 saturated heterocycles. The van der Waals surface area contributed by atoms with Crippen molar-refractivity contribution in [1.29, 1.82) is 0 Å². The second-order valence-corrected chi connectivity index (χ2v) is 9.41. The fraction of sp³-hybridized carbons (Fsp3) is 0.684. The minimum atomic E-state index is -0.628. The van der Waals surface area contributed by atoms with E-state index in [9.17, 15) is 0 Å².